The molecule has 15 heavy (non-hydrogen) atoms. The van der Waals surface area contributed by atoms with Crippen LogP contribution in [0.15, 0.2) is 46.5 Å². The fourth-order valence-corrected chi connectivity index (χ4v) is 2.51. The molecule has 1 nitrogen and oxygen atoms in total. The molecule has 2 heteroatoms. The van der Waals surface area contributed by atoms with E-state index in [0.29, 0.717) is 0 Å². The first-order valence-electron chi connectivity index (χ1n) is 4.63. The van der Waals surface area contributed by atoms with E-state index in [1.807, 2.05) is 30.4 Å². The van der Waals surface area contributed by atoms with E-state index in [0.717, 1.165) is 26.7 Å². The van der Waals surface area contributed by atoms with Crippen molar-refractivity contribution in [1.82, 2.24) is 0 Å². The van der Waals surface area contributed by atoms with Crippen LogP contribution in [-0.4, -0.2) is 5.78 Å². The highest BCUT2D eigenvalue weighted by atomic mass is 79.9. The number of benzene rings is 1. The predicted octanol–water partition coefficient (Wildman–Crippen LogP) is 3.33. The average molecular weight is 258 g/mol. The topological polar surface area (TPSA) is 17.1 Å². The van der Waals surface area contributed by atoms with E-state index < -0.39 is 0 Å². The summed E-state index contributed by atoms with van der Waals surface area (Å²) < 4.78 is 0.862. The first kappa shape index (κ1) is 8.78. The lowest BCUT2D eigenvalue weighted by molar-refractivity contribution is 0.104. The van der Waals surface area contributed by atoms with Gasteiger partial charge in [-0.3, -0.25) is 4.79 Å². The highest BCUT2D eigenvalue weighted by molar-refractivity contribution is 9.10. The summed E-state index contributed by atoms with van der Waals surface area (Å²) in [6.07, 6.45) is 8.47. The zero-order valence-electron chi connectivity index (χ0n) is 7.75. The number of hydrogen-bond donors (Lipinski definition) is 0. The molecule has 0 N–H and O–H groups in total. The number of ketones is 1. The van der Waals surface area contributed by atoms with Crippen molar-refractivity contribution in [1.29, 1.82) is 0 Å². The van der Waals surface area contributed by atoms with Gasteiger partial charge in [0.15, 0.2) is 0 Å². The molecule has 0 radical (unpaired) electrons. The zero-order valence-corrected chi connectivity index (χ0v) is 9.34. The molecule has 0 amide bonds. The Morgan fingerprint density at radius 1 is 1.20 bits per heavy atom. The summed E-state index contributed by atoms with van der Waals surface area (Å²) in [7, 11) is 0. The number of carbonyl (C=O) groups excluding carboxylic acids is 1. The Labute approximate surface area is 95.9 Å². The monoisotopic (exact) mass is 257 g/mol. The van der Waals surface area contributed by atoms with Gasteiger partial charge in [0, 0.05) is 16.1 Å². The highest BCUT2D eigenvalue weighted by Crippen LogP contribution is 2.39. The molecule has 0 saturated heterocycles. The molecule has 0 unspecified atom stereocenters. The van der Waals surface area contributed by atoms with Crippen LogP contribution in [0, 0.1) is 6.08 Å². The number of fused-ring (bicyclic) bond motifs is 2. The summed E-state index contributed by atoms with van der Waals surface area (Å²) in [6, 6.07) is 5.82. The smallest absolute Gasteiger partial charge is 0.251 e. The normalized spacial score (nSPS) is 16.5. The Bertz CT molecular complexity index is 562. The van der Waals surface area contributed by atoms with Gasteiger partial charge in [0.1, 0.15) is 23.3 Å². The van der Waals surface area contributed by atoms with Crippen LogP contribution in [-0.2, 0) is 0 Å². The van der Waals surface area contributed by atoms with Crippen LogP contribution in [0.1, 0.15) is 15.9 Å². The number of carbonyl (C=O) groups is 1. The number of Topliss-reactive ketones (excluding diaryl/α,β-unsaturated/α-hetero) is 1. The average Bonchev–Trinajstić information content (AvgIpc) is 2.55. The summed E-state index contributed by atoms with van der Waals surface area (Å²) in [5.74, 6) is 0.0873. The minimum atomic E-state index is 0.0873. The van der Waals surface area contributed by atoms with Crippen molar-refractivity contribution in [3.8, 4) is 0 Å². The molecule has 70 valence electrons. The van der Waals surface area contributed by atoms with Crippen LogP contribution in [0.4, 0.5) is 0 Å². The van der Waals surface area contributed by atoms with Crippen molar-refractivity contribution in [2.24, 2.45) is 0 Å². The lowest BCUT2D eigenvalue weighted by Gasteiger charge is -1.98. The molecule has 0 heterocycles. The second-order valence-corrected chi connectivity index (χ2v) is 4.32. The van der Waals surface area contributed by atoms with Crippen LogP contribution in [0.2, 0.25) is 0 Å². The molecule has 0 atom stereocenters. The van der Waals surface area contributed by atoms with Gasteiger partial charge in [-0.1, -0.05) is 12.1 Å². The molecular weight excluding hydrogens is 252 g/mol. The van der Waals surface area contributed by atoms with Gasteiger partial charge in [-0.15, -0.1) is 0 Å². The third-order valence-electron chi connectivity index (χ3n) is 2.64. The van der Waals surface area contributed by atoms with Gasteiger partial charge in [-0.25, -0.2) is 0 Å². The SMILES string of the molecule is O=C1C2=C(C=C[C+]=C2)c2cccc(Br)c21. The van der Waals surface area contributed by atoms with E-state index in [1.54, 1.807) is 6.08 Å². The van der Waals surface area contributed by atoms with E-state index >= 15 is 0 Å². The summed E-state index contributed by atoms with van der Waals surface area (Å²) in [5.41, 5.74) is 3.54. The van der Waals surface area contributed by atoms with Crippen LogP contribution in [0.5, 0.6) is 0 Å². The fourth-order valence-electron chi connectivity index (χ4n) is 1.97. The first-order valence-corrected chi connectivity index (χ1v) is 5.42. The summed E-state index contributed by atoms with van der Waals surface area (Å²) in [5, 5.41) is 0. The van der Waals surface area contributed by atoms with Crippen LogP contribution >= 0.6 is 15.9 Å². The van der Waals surface area contributed by atoms with Gasteiger partial charge < -0.3 is 0 Å². The predicted molar refractivity (Wildman–Crippen MR) is 62.3 cm³/mol. The lowest BCUT2D eigenvalue weighted by atomic mass is 10.0. The molecule has 0 aliphatic heterocycles. The van der Waals surface area contributed by atoms with Crippen molar-refractivity contribution in [2.45, 2.75) is 0 Å². The van der Waals surface area contributed by atoms with Gasteiger partial charge in [0.25, 0.3) is 5.78 Å². The molecule has 0 aromatic heterocycles. The van der Waals surface area contributed by atoms with Gasteiger partial charge >= 0.3 is 0 Å². The third kappa shape index (κ3) is 1.09. The number of hydrogen-bond acceptors (Lipinski definition) is 1. The Morgan fingerprint density at radius 2 is 2.07 bits per heavy atom. The maximum atomic E-state index is 12.1. The second kappa shape index (κ2) is 2.99. The molecule has 0 bridgehead atoms. The largest absolute Gasteiger partial charge is 0.272 e. The minimum Gasteiger partial charge on any atom is -0.272 e. The first-order chi connectivity index (χ1) is 7.29. The van der Waals surface area contributed by atoms with Crippen molar-refractivity contribution in [2.75, 3.05) is 0 Å². The fraction of sp³-hybridized carbons (Fsp3) is 0. The number of halogens is 1. The second-order valence-electron chi connectivity index (χ2n) is 3.46. The van der Waals surface area contributed by atoms with Crippen LogP contribution in [0.3, 0.4) is 0 Å². The minimum absolute atomic E-state index is 0.0873. The Balaban J connectivity index is 2.36. The lowest BCUT2D eigenvalue weighted by Crippen LogP contribution is -1.97. The molecule has 0 spiro atoms. The Kier molecular flexibility index (Phi) is 1.75. The van der Waals surface area contributed by atoms with E-state index in [4.69, 9.17) is 0 Å². The Hall–Kier alpha value is -1.50. The molecule has 2 aliphatic carbocycles. The van der Waals surface area contributed by atoms with Crippen molar-refractivity contribution in [3.63, 3.8) is 0 Å². The summed E-state index contributed by atoms with van der Waals surface area (Å²) in [4.78, 5) is 12.1. The van der Waals surface area contributed by atoms with E-state index in [9.17, 15) is 4.79 Å². The quantitative estimate of drug-likeness (QED) is 0.652. The van der Waals surface area contributed by atoms with E-state index in [1.165, 1.54) is 0 Å². The maximum Gasteiger partial charge on any atom is 0.251 e. The third-order valence-corrected chi connectivity index (χ3v) is 3.30. The Morgan fingerprint density at radius 3 is 2.93 bits per heavy atom. The molecule has 1 aromatic rings. The van der Waals surface area contributed by atoms with E-state index in [-0.39, 0.29) is 5.78 Å². The molecule has 2 aliphatic rings. The van der Waals surface area contributed by atoms with Gasteiger partial charge in [0.05, 0.1) is 11.6 Å². The summed E-state index contributed by atoms with van der Waals surface area (Å²) >= 11 is 3.42. The molecule has 3 rings (SSSR count). The van der Waals surface area contributed by atoms with Gasteiger partial charge in [0.2, 0.25) is 0 Å². The summed E-state index contributed by atoms with van der Waals surface area (Å²) in [6.45, 7) is 0. The molecule has 1 aromatic carbocycles. The highest BCUT2D eigenvalue weighted by Gasteiger charge is 2.35. The van der Waals surface area contributed by atoms with E-state index in [2.05, 4.69) is 22.0 Å². The van der Waals surface area contributed by atoms with Crippen molar-refractivity contribution in [3.05, 3.63) is 63.7 Å². The van der Waals surface area contributed by atoms with Crippen LogP contribution < -0.4 is 0 Å². The van der Waals surface area contributed by atoms with Crippen LogP contribution in [0.25, 0.3) is 5.57 Å². The van der Waals surface area contributed by atoms with Gasteiger partial charge in [-0.2, -0.15) is 0 Å². The molecule has 0 saturated carbocycles. The molecule has 0 fully saturated rings. The number of allylic oxidation sites excluding steroid dienone is 6. The number of rotatable bonds is 0. The maximum absolute atomic E-state index is 12.1. The van der Waals surface area contributed by atoms with Gasteiger partial charge in [-0.05, 0) is 22.0 Å². The van der Waals surface area contributed by atoms with Crippen molar-refractivity contribution >= 4 is 27.3 Å². The standard InChI is InChI=1S/C13H6BrO/c14-11-7-3-6-9-8-4-1-2-5-10(8)13(15)12(9)11/h1,3-7H/q+1. The zero-order chi connectivity index (χ0) is 10.4. The molecular formula is C13H6BrO+. The van der Waals surface area contributed by atoms with Crippen molar-refractivity contribution < 1.29 is 4.79 Å².